The number of nitrogens with one attached hydrogen (secondary N) is 1. The molecule has 0 unspecified atom stereocenters. The van der Waals surface area contributed by atoms with E-state index in [0.717, 1.165) is 26.2 Å². The molecule has 1 aliphatic heterocycles. The molecule has 1 fully saturated rings. The minimum atomic E-state index is -0.588. The number of phenolic OH excluding ortho intramolecular Hbond substituents is 1. The predicted molar refractivity (Wildman–Crippen MR) is 73.7 cm³/mol. The molecule has 1 aromatic carbocycles. The van der Waals surface area contributed by atoms with Gasteiger partial charge in [0.2, 0.25) is 0 Å². The smallest absolute Gasteiger partial charge is 0.134 e. The van der Waals surface area contributed by atoms with Gasteiger partial charge in [0.1, 0.15) is 12.4 Å². The fourth-order valence-corrected chi connectivity index (χ4v) is 2.79. The van der Waals surface area contributed by atoms with Crippen LogP contribution in [0.5, 0.6) is 5.75 Å². The van der Waals surface area contributed by atoms with Gasteiger partial charge in [0.15, 0.2) is 0 Å². The lowest BCUT2D eigenvalue weighted by Crippen LogP contribution is -2.45. The molecule has 1 aromatic rings. The van der Waals surface area contributed by atoms with E-state index in [1.54, 1.807) is 6.07 Å². The molecule has 4 nitrogen and oxygen atoms in total. The van der Waals surface area contributed by atoms with Crippen molar-refractivity contribution >= 4 is 15.9 Å². The lowest BCUT2D eigenvalue weighted by atomic mass is 10.0. The maximum Gasteiger partial charge on any atom is 0.134 e. The number of alkyl halides is 1. The van der Waals surface area contributed by atoms with Gasteiger partial charge < -0.3 is 10.4 Å². The van der Waals surface area contributed by atoms with Crippen LogP contribution in [0, 0.1) is 11.3 Å². The summed E-state index contributed by atoms with van der Waals surface area (Å²) in [6.45, 7) is 2.46. The molecule has 102 valence electrons. The van der Waals surface area contributed by atoms with Gasteiger partial charge in [-0.15, -0.1) is 0 Å². The highest BCUT2D eigenvalue weighted by Crippen LogP contribution is 2.36. The van der Waals surface area contributed by atoms with E-state index in [1.165, 1.54) is 6.07 Å². The molecule has 0 aliphatic carbocycles. The van der Waals surface area contributed by atoms with Crippen molar-refractivity contribution in [1.82, 2.24) is 10.2 Å². The first-order chi connectivity index (χ1) is 9.17. The second-order valence-corrected chi connectivity index (χ2v) is 5.32. The van der Waals surface area contributed by atoms with Crippen molar-refractivity contribution in [2.45, 2.75) is 6.04 Å². The van der Waals surface area contributed by atoms with E-state index < -0.39 is 12.7 Å². The lowest BCUT2D eigenvalue weighted by molar-refractivity contribution is 0.145. The fourth-order valence-electron chi connectivity index (χ4n) is 2.31. The van der Waals surface area contributed by atoms with Crippen molar-refractivity contribution in [2.24, 2.45) is 0 Å². The minimum Gasteiger partial charge on any atom is -0.506 e. The number of rotatable bonds is 3. The van der Waals surface area contributed by atoms with E-state index in [4.69, 9.17) is 5.26 Å². The molecule has 0 aromatic heterocycles. The summed E-state index contributed by atoms with van der Waals surface area (Å²) in [4.78, 5) is 1.99. The lowest BCUT2D eigenvalue weighted by Gasteiger charge is -2.34. The summed E-state index contributed by atoms with van der Waals surface area (Å²) in [5, 5.41) is 22.3. The van der Waals surface area contributed by atoms with Crippen molar-refractivity contribution in [2.75, 3.05) is 32.9 Å². The monoisotopic (exact) mass is 327 g/mol. The number of benzene rings is 1. The highest BCUT2D eigenvalue weighted by Gasteiger charge is 2.25. The Morgan fingerprint density at radius 3 is 2.74 bits per heavy atom. The van der Waals surface area contributed by atoms with Crippen LogP contribution >= 0.6 is 15.9 Å². The summed E-state index contributed by atoms with van der Waals surface area (Å²) in [7, 11) is 0. The van der Waals surface area contributed by atoms with Gasteiger partial charge in [-0.3, -0.25) is 4.90 Å². The third kappa shape index (κ3) is 3.06. The number of hydrogen-bond acceptors (Lipinski definition) is 4. The molecule has 1 heterocycles. The van der Waals surface area contributed by atoms with E-state index >= 15 is 0 Å². The maximum absolute atomic E-state index is 13.4. The Bertz CT molecular complexity index is 497. The zero-order valence-corrected chi connectivity index (χ0v) is 12.0. The molecule has 1 saturated heterocycles. The largest absolute Gasteiger partial charge is 0.506 e. The zero-order valence-electron chi connectivity index (χ0n) is 10.4. The van der Waals surface area contributed by atoms with Gasteiger partial charge in [0.25, 0.3) is 0 Å². The van der Waals surface area contributed by atoms with Gasteiger partial charge in [-0.1, -0.05) is 0 Å². The maximum atomic E-state index is 13.4. The van der Waals surface area contributed by atoms with E-state index in [2.05, 4.69) is 21.2 Å². The average Bonchev–Trinajstić information content (AvgIpc) is 2.45. The third-order valence-corrected chi connectivity index (χ3v) is 3.92. The number of halogens is 2. The Hall–Kier alpha value is -1.16. The van der Waals surface area contributed by atoms with Gasteiger partial charge in [-0.05, 0) is 28.1 Å². The van der Waals surface area contributed by atoms with Crippen molar-refractivity contribution in [3.8, 4) is 11.8 Å². The van der Waals surface area contributed by atoms with Crippen LogP contribution in [-0.2, 0) is 0 Å². The summed E-state index contributed by atoms with van der Waals surface area (Å²) in [5.41, 5.74) is 0.878. The Balaban J connectivity index is 2.37. The Labute approximate surface area is 120 Å². The molecular formula is C13H15BrFN3O. The molecule has 1 aliphatic rings. The molecule has 6 heteroatoms. The van der Waals surface area contributed by atoms with Crippen LogP contribution in [0.25, 0.3) is 0 Å². The average molecular weight is 328 g/mol. The summed E-state index contributed by atoms with van der Waals surface area (Å²) in [5.74, 6) is 0.0141. The quantitative estimate of drug-likeness (QED) is 0.890. The molecule has 2 rings (SSSR count). The van der Waals surface area contributed by atoms with Crippen LogP contribution in [0.2, 0.25) is 0 Å². The Morgan fingerprint density at radius 1 is 1.47 bits per heavy atom. The first-order valence-corrected chi connectivity index (χ1v) is 6.90. The second-order valence-electron chi connectivity index (χ2n) is 4.46. The van der Waals surface area contributed by atoms with Crippen molar-refractivity contribution in [3.63, 3.8) is 0 Å². The second kappa shape index (κ2) is 6.33. The SMILES string of the molecule is N#Cc1cc(Br)c(O)c([C@@H](CF)N2CCNCC2)c1. The summed E-state index contributed by atoms with van der Waals surface area (Å²) >= 11 is 3.20. The zero-order chi connectivity index (χ0) is 13.8. The fraction of sp³-hybridized carbons (Fsp3) is 0.462. The van der Waals surface area contributed by atoms with Crippen LogP contribution in [0.4, 0.5) is 4.39 Å². The van der Waals surface area contributed by atoms with Crippen molar-refractivity contribution in [3.05, 3.63) is 27.7 Å². The van der Waals surface area contributed by atoms with E-state index in [1.807, 2.05) is 11.0 Å². The van der Waals surface area contributed by atoms with E-state index in [0.29, 0.717) is 15.6 Å². The van der Waals surface area contributed by atoms with Crippen LogP contribution in [0.1, 0.15) is 17.2 Å². The molecule has 0 radical (unpaired) electrons. The predicted octanol–water partition coefficient (Wildman–Crippen LogP) is 1.94. The van der Waals surface area contributed by atoms with Crippen molar-refractivity contribution < 1.29 is 9.50 Å². The number of phenols is 1. The highest BCUT2D eigenvalue weighted by atomic mass is 79.9. The first-order valence-electron chi connectivity index (χ1n) is 6.10. The molecule has 0 spiro atoms. The normalized spacial score (nSPS) is 17.9. The van der Waals surface area contributed by atoms with E-state index in [9.17, 15) is 9.50 Å². The number of aromatic hydroxyl groups is 1. The molecule has 2 N–H and O–H groups in total. The standard InChI is InChI=1S/C13H15BrFN3O/c14-11-6-9(8-16)5-10(13(11)19)12(7-15)18-3-1-17-2-4-18/h5-6,12,17,19H,1-4,7H2/t12-/m1/s1. The Kier molecular flexibility index (Phi) is 4.75. The van der Waals surface area contributed by atoms with Gasteiger partial charge in [-0.25, -0.2) is 4.39 Å². The van der Waals surface area contributed by atoms with Gasteiger partial charge in [-0.2, -0.15) is 5.26 Å². The molecule has 0 amide bonds. The highest BCUT2D eigenvalue weighted by molar-refractivity contribution is 9.10. The summed E-state index contributed by atoms with van der Waals surface area (Å²) in [6, 6.07) is 4.61. The van der Waals surface area contributed by atoms with Crippen molar-refractivity contribution in [1.29, 1.82) is 5.26 Å². The topological polar surface area (TPSA) is 59.3 Å². The van der Waals surface area contributed by atoms with Crippen LogP contribution < -0.4 is 5.32 Å². The van der Waals surface area contributed by atoms with Crippen LogP contribution in [-0.4, -0.2) is 42.9 Å². The van der Waals surface area contributed by atoms with Gasteiger partial charge in [0.05, 0.1) is 22.1 Å². The van der Waals surface area contributed by atoms with Gasteiger partial charge >= 0.3 is 0 Å². The van der Waals surface area contributed by atoms with Gasteiger partial charge in [0, 0.05) is 31.7 Å². The first kappa shape index (κ1) is 14.3. The minimum absolute atomic E-state index is 0.0141. The summed E-state index contributed by atoms with van der Waals surface area (Å²) in [6.07, 6.45) is 0. The number of nitrogens with zero attached hydrogens (tertiary/aromatic N) is 2. The summed E-state index contributed by atoms with van der Waals surface area (Å²) < 4.78 is 13.8. The molecule has 0 saturated carbocycles. The van der Waals surface area contributed by atoms with Crippen LogP contribution in [0.15, 0.2) is 16.6 Å². The van der Waals surface area contributed by atoms with E-state index in [-0.39, 0.29) is 5.75 Å². The Morgan fingerprint density at radius 2 is 2.16 bits per heavy atom. The number of piperazine rings is 1. The molecule has 1 atom stereocenters. The van der Waals surface area contributed by atoms with Crippen LogP contribution in [0.3, 0.4) is 0 Å². The molecule has 0 bridgehead atoms. The number of nitriles is 1. The third-order valence-electron chi connectivity index (χ3n) is 3.32. The number of hydrogen-bond donors (Lipinski definition) is 2. The molecular weight excluding hydrogens is 313 g/mol. The molecule has 19 heavy (non-hydrogen) atoms.